The molecular weight excluding hydrogens is 387 g/mol. The van der Waals surface area contributed by atoms with E-state index in [1.807, 2.05) is 19.9 Å². The summed E-state index contributed by atoms with van der Waals surface area (Å²) in [7, 11) is 1.49. The summed E-state index contributed by atoms with van der Waals surface area (Å²) in [5, 5.41) is 12.9. The largest absolute Gasteiger partial charge is 0.493 e. The summed E-state index contributed by atoms with van der Waals surface area (Å²) >= 11 is 12.2. The van der Waals surface area contributed by atoms with Gasteiger partial charge in [0.1, 0.15) is 11.6 Å². The summed E-state index contributed by atoms with van der Waals surface area (Å²) in [5.74, 6) is 0.280. The van der Waals surface area contributed by atoms with Crippen LogP contribution >= 0.6 is 23.2 Å². The summed E-state index contributed by atoms with van der Waals surface area (Å²) in [6, 6.07) is 10.3. The molecule has 0 aliphatic heterocycles. The minimum atomic E-state index is -0.549. The van der Waals surface area contributed by atoms with Crippen molar-refractivity contribution in [1.29, 1.82) is 5.26 Å². The molecule has 0 aliphatic carbocycles. The van der Waals surface area contributed by atoms with E-state index in [2.05, 4.69) is 5.32 Å². The fourth-order valence-corrected chi connectivity index (χ4v) is 2.79. The van der Waals surface area contributed by atoms with Crippen molar-refractivity contribution in [3.05, 3.63) is 57.1 Å². The number of hydrogen-bond acceptors (Lipinski definition) is 4. The predicted molar refractivity (Wildman–Crippen MR) is 108 cm³/mol. The van der Waals surface area contributed by atoms with E-state index in [0.29, 0.717) is 39.4 Å². The number of amides is 1. The fourth-order valence-electron chi connectivity index (χ4n) is 2.34. The van der Waals surface area contributed by atoms with Crippen molar-refractivity contribution in [3.63, 3.8) is 0 Å². The molecule has 5 nitrogen and oxygen atoms in total. The van der Waals surface area contributed by atoms with E-state index in [9.17, 15) is 10.1 Å². The van der Waals surface area contributed by atoms with E-state index in [4.69, 9.17) is 32.7 Å². The highest BCUT2D eigenvalue weighted by Gasteiger charge is 2.14. The van der Waals surface area contributed by atoms with Gasteiger partial charge in [0, 0.05) is 10.7 Å². The Bertz CT molecular complexity index is 934. The lowest BCUT2D eigenvalue weighted by molar-refractivity contribution is -0.112. The van der Waals surface area contributed by atoms with Gasteiger partial charge in [-0.15, -0.1) is 0 Å². The zero-order chi connectivity index (χ0) is 20.0. The van der Waals surface area contributed by atoms with E-state index < -0.39 is 5.91 Å². The number of hydrogen-bond donors (Lipinski definition) is 1. The number of rotatable bonds is 6. The minimum absolute atomic E-state index is 0.0864. The number of anilines is 1. The number of carbonyl (C=O) groups is 1. The van der Waals surface area contributed by atoms with Crippen LogP contribution in [-0.4, -0.2) is 19.6 Å². The zero-order valence-corrected chi connectivity index (χ0v) is 16.6. The lowest BCUT2D eigenvalue weighted by atomic mass is 10.1. The molecule has 0 atom stereocenters. The summed E-state index contributed by atoms with van der Waals surface area (Å²) in [6.07, 6.45) is 1.43. The molecule has 7 heteroatoms. The highest BCUT2D eigenvalue weighted by Crippen LogP contribution is 2.37. The fraction of sp³-hybridized carbons (Fsp3) is 0.200. The van der Waals surface area contributed by atoms with Gasteiger partial charge < -0.3 is 14.8 Å². The molecule has 27 heavy (non-hydrogen) atoms. The van der Waals surface area contributed by atoms with Crippen LogP contribution in [-0.2, 0) is 4.79 Å². The van der Waals surface area contributed by atoms with Crippen LogP contribution in [0, 0.1) is 18.3 Å². The number of nitriles is 1. The molecule has 0 aromatic heterocycles. The Balaban J connectivity index is 2.35. The summed E-state index contributed by atoms with van der Waals surface area (Å²) < 4.78 is 10.7. The molecule has 0 unspecified atom stereocenters. The first-order valence-electron chi connectivity index (χ1n) is 8.09. The first kappa shape index (κ1) is 20.6. The van der Waals surface area contributed by atoms with Crippen molar-refractivity contribution in [3.8, 4) is 17.6 Å². The molecule has 140 valence electrons. The van der Waals surface area contributed by atoms with E-state index in [1.165, 1.54) is 13.2 Å². The third kappa shape index (κ3) is 5.16. The molecule has 2 aromatic rings. The lowest BCUT2D eigenvalue weighted by Crippen LogP contribution is -2.14. The van der Waals surface area contributed by atoms with Crippen LogP contribution < -0.4 is 14.8 Å². The average molecular weight is 405 g/mol. The van der Waals surface area contributed by atoms with Gasteiger partial charge in [0.25, 0.3) is 5.91 Å². The Kier molecular flexibility index (Phi) is 7.12. The molecular formula is C20H18Cl2N2O3. The number of carbonyl (C=O) groups excluding carboxylic acids is 1. The number of nitrogens with zero attached hydrogens (tertiary/aromatic N) is 1. The highest BCUT2D eigenvalue weighted by molar-refractivity contribution is 6.32. The van der Waals surface area contributed by atoms with E-state index in [-0.39, 0.29) is 5.57 Å². The van der Waals surface area contributed by atoms with Gasteiger partial charge in [0.05, 0.1) is 18.7 Å². The zero-order valence-electron chi connectivity index (χ0n) is 15.1. The van der Waals surface area contributed by atoms with E-state index in [0.717, 1.165) is 5.56 Å². The quantitative estimate of drug-likeness (QED) is 0.526. The number of nitrogens with one attached hydrogen (secondary N) is 1. The van der Waals surface area contributed by atoms with Crippen molar-refractivity contribution in [2.24, 2.45) is 0 Å². The molecule has 1 amide bonds. The first-order valence-corrected chi connectivity index (χ1v) is 8.84. The van der Waals surface area contributed by atoms with E-state index >= 15 is 0 Å². The Labute approximate surface area is 168 Å². The number of halogens is 2. The second kappa shape index (κ2) is 9.31. The molecule has 0 spiro atoms. The van der Waals surface area contributed by atoms with Gasteiger partial charge in [-0.1, -0.05) is 29.3 Å². The molecule has 0 saturated heterocycles. The van der Waals surface area contributed by atoms with Crippen LogP contribution in [0.4, 0.5) is 5.69 Å². The Morgan fingerprint density at radius 2 is 2.04 bits per heavy atom. The van der Waals surface area contributed by atoms with Crippen molar-refractivity contribution in [2.45, 2.75) is 13.8 Å². The molecule has 0 bridgehead atoms. The van der Waals surface area contributed by atoms with Crippen LogP contribution in [0.5, 0.6) is 11.5 Å². The minimum Gasteiger partial charge on any atom is -0.493 e. The van der Waals surface area contributed by atoms with Crippen LogP contribution in [0.15, 0.2) is 35.9 Å². The summed E-state index contributed by atoms with van der Waals surface area (Å²) in [6.45, 7) is 4.09. The second-order valence-corrected chi connectivity index (χ2v) is 6.39. The Morgan fingerprint density at radius 1 is 1.30 bits per heavy atom. The molecule has 0 fully saturated rings. The van der Waals surface area contributed by atoms with Crippen LogP contribution in [0.1, 0.15) is 18.1 Å². The third-order valence-corrected chi connectivity index (χ3v) is 4.18. The number of benzene rings is 2. The normalized spacial score (nSPS) is 10.9. The van der Waals surface area contributed by atoms with Crippen LogP contribution in [0.3, 0.4) is 0 Å². The molecule has 2 rings (SSSR count). The monoisotopic (exact) mass is 404 g/mol. The first-order chi connectivity index (χ1) is 12.9. The number of ether oxygens (including phenoxy) is 2. The third-order valence-electron chi connectivity index (χ3n) is 3.66. The Morgan fingerprint density at radius 3 is 2.67 bits per heavy atom. The van der Waals surface area contributed by atoms with Gasteiger partial charge in [-0.25, -0.2) is 0 Å². The van der Waals surface area contributed by atoms with Crippen LogP contribution in [0.2, 0.25) is 10.0 Å². The van der Waals surface area contributed by atoms with Crippen molar-refractivity contribution in [1.82, 2.24) is 0 Å². The van der Waals surface area contributed by atoms with Gasteiger partial charge in [0.2, 0.25) is 0 Å². The summed E-state index contributed by atoms with van der Waals surface area (Å²) in [4.78, 5) is 12.5. The smallest absolute Gasteiger partial charge is 0.266 e. The Hall–Kier alpha value is -2.68. The molecule has 0 saturated carbocycles. The molecule has 0 radical (unpaired) electrons. The predicted octanol–water partition coefficient (Wildman–Crippen LogP) is 5.25. The molecule has 0 heterocycles. The highest BCUT2D eigenvalue weighted by atomic mass is 35.5. The SMILES string of the molecule is CCOc1c(Cl)cc(/C=C(\C#N)C(=O)Nc2cc(Cl)ccc2C)cc1OC. The van der Waals surface area contributed by atoms with Crippen molar-refractivity contribution < 1.29 is 14.3 Å². The van der Waals surface area contributed by atoms with Gasteiger partial charge in [-0.05, 0) is 55.3 Å². The van der Waals surface area contributed by atoms with Gasteiger partial charge in [0.15, 0.2) is 11.5 Å². The van der Waals surface area contributed by atoms with Crippen molar-refractivity contribution in [2.75, 3.05) is 19.0 Å². The van der Waals surface area contributed by atoms with Crippen molar-refractivity contribution >= 4 is 40.9 Å². The topological polar surface area (TPSA) is 71.3 Å². The van der Waals surface area contributed by atoms with Gasteiger partial charge in [-0.3, -0.25) is 4.79 Å². The van der Waals surface area contributed by atoms with Gasteiger partial charge >= 0.3 is 0 Å². The number of methoxy groups -OCH3 is 1. The number of aryl methyl sites for hydroxylation is 1. The molecule has 2 aromatic carbocycles. The average Bonchev–Trinajstić information content (AvgIpc) is 2.64. The van der Waals surface area contributed by atoms with Gasteiger partial charge in [-0.2, -0.15) is 5.26 Å². The second-order valence-electron chi connectivity index (χ2n) is 5.55. The molecule has 1 N–H and O–H groups in total. The maximum absolute atomic E-state index is 12.5. The molecule has 0 aliphatic rings. The maximum Gasteiger partial charge on any atom is 0.266 e. The van der Waals surface area contributed by atoms with Crippen LogP contribution in [0.25, 0.3) is 6.08 Å². The lowest BCUT2D eigenvalue weighted by Gasteiger charge is -2.12. The standard InChI is InChI=1S/C20H18Cl2N2O3/c1-4-27-19-16(22)8-13(9-18(19)26-3)7-14(11-23)20(25)24-17-10-15(21)6-5-12(17)2/h5-10H,4H2,1-3H3,(H,24,25)/b14-7+. The maximum atomic E-state index is 12.5. The van der Waals surface area contributed by atoms with E-state index in [1.54, 1.807) is 30.3 Å². The summed E-state index contributed by atoms with van der Waals surface area (Å²) in [5.41, 5.74) is 1.82.